The van der Waals surface area contributed by atoms with E-state index in [1.807, 2.05) is 0 Å². The molecular weight excluding hydrogens is 306 g/mol. The molecule has 0 heterocycles. The fourth-order valence-electron chi connectivity index (χ4n) is 0.853. The Kier molecular flexibility index (Phi) is 4.34. The molecule has 0 radical (unpaired) electrons. The Bertz CT molecular complexity index is 479. The van der Waals surface area contributed by atoms with Crippen molar-refractivity contribution in [3.05, 3.63) is 29.8 Å². The van der Waals surface area contributed by atoms with Crippen molar-refractivity contribution in [3.63, 3.8) is 0 Å². The second-order valence-electron chi connectivity index (χ2n) is 2.95. The van der Waals surface area contributed by atoms with Crippen molar-refractivity contribution < 1.29 is 35.1 Å². The van der Waals surface area contributed by atoms with E-state index < -0.39 is 49.9 Å². The number of hydrogen-bond acceptors (Lipinski definition) is 3. The third-order valence-corrected chi connectivity index (χ3v) is 3.55. The summed E-state index contributed by atoms with van der Waals surface area (Å²) < 4.78 is 96.7. The van der Waals surface area contributed by atoms with Crippen LogP contribution in [-0.4, -0.2) is 19.3 Å². The number of benzene rings is 1. The first kappa shape index (κ1) is 15.3. The lowest BCUT2D eigenvalue weighted by Crippen LogP contribution is -2.41. The molecule has 0 aliphatic heterocycles. The van der Waals surface area contributed by atoms with E-state index in [0.29, 0.717) is 12.1 Å². The highest BCUT2D eigenvalue weighted by molar-refractivity contribution is 8.01. The Morgan fingerprint density at radius 3 is 2.17 bits per heavy atom. The third-order valence-electron chi connectivity index (χ3n) is 1.68. The maximum Gasteiger partial charge on any atom is 0.381 e. The normalized spacial score (nSPS) is 14.6. The molecule has 2 nitrogen and oxygen atoms in total. The van der Waals surface area contributed by atoms with Crippen molar-refractivity contribution in [1.82, 2.24) is 0 Å². The summed E-state index contributed by atoms with van der Waals surface area (Å²) in [6, 6.07) is 1.30. The van der Waals surface area contributed by atoms with E-state index in [1.165, 1.54) is 0 Å². The Hall–Kier alpha value is -0.740. The van der Waals surface area contributed by atoms with Gasteiger partial charge in [-0.1, -0.05) is 0 Å². The van der Waals surface area contributed by atoms with E-state index >= 15 is 0 Å². The first-order valence-electron chi connectivity index (χ1n) is 4.07. The largest absolute Gasteiger partial charge is 0.768 e. The van der Waals surface area contributed by atoms with Gasteiger partial charge >= 0.3 is 10.5 Å². The fourth-order valence-corrected chi connectivity index (χ4v) is 2.06. The Labute approximate surface area is 104 Å². The molecule has 1 aromatic rings. The summed E-state index contributed by atoms with van der Waals surface area (Å²) in [5.41, 5.74) is 0. The Morgan fingerprint density at radius 2 is 1.72 bits per heavy atom. The highest BCUT2D eigenvalue weighted by atomic mass is 32.2. The van der Waals surface area contributed by atoms with E-state index in [4.69, 9.17) is 0 Å². The molecule has 1 atom stereocenters. The fraction of sp³-hybridized carbons (Fsp3) is 0.250. The van der Waals surface area contributed by atoms with Gasteiger partial charge < -0.3 is 4.55 Å². The molecule has 0 saturated carbocycles. The SMILES string of the molecule is O=S([O-])C(F)(F)C(F)(F)Sc1ccc(F)cc1F. The topological polar surface area (TPSA) is 40.1 Å². The average Bonchev–Trinajstić information content (AvgIpc) is 2.21. The molecule has 0 aromatic heterocycles. The zero-order valence-electron chi connectivity index (χ0n) is 8.13. The van der Waals surface area contributed by atoms with Gasteiger partial charge in [0.25, 0.3) is 0 Å². The van der Waals surface area contributed by atoms with Gasteiger partial charge in [0, 0.05) is 22.0 Å². The molecule has 10 heteroatoms. The van der Waals surface area contributed by atoms with Crippen LogP contribution in [0.1, 0.15) is 0 Å². The maximum absolute atomic E-state index is 13.0. The summed E-state index contributed by atoms with van der Waals surface area (Å²) in [6.07, 6.45) is 0. The van der Waals surface area contributed by atoms with Gasteiger partial charge in [-0.25, -0.2) is 8.78 Å². The smallest absolute Gasteiger partial charge is 0.381 e. The number of halogens is 6. The van der Waals surface area contributed by atoms with E-state index in [2.05, 4.69) is 0 Å². The second kappa shape index (κ2) is 5.10. The molecule has 0 aliphatic carbocycles. The van der Waals surface area contributed by atoms with Crippen LogP contribution >= 0.6 is 11.8 Å². The Morgan fingerprint density at radius 1 is 1.17 bits per heavy atom. The molecule has 1 aromatic carbocycles. The minimum absolute atomic E-state index is 0.213. The number of rotatable bonds is 4. The molecule has 0 N–H and O–H groups in total. The van der Waals surface area contributed by atoms with E-state index in [9.17, 15) is 35.1 Å². The molecule has 1 rings (SSSR count). The van der Waals surface area contributed by atoms with Crippen LogP contribution in [0.25, 0.3) is 0 Å². The number of thioether (sulfide) groups is 1. The quantitative estimate of drug-likeness (QED) is 0.487. The van der Waals surface area contributed by atoms with Crippen molar-refractivity contribution in [2.24, 2.45) is 0 Å². The number of hydrogen-bond donors (Lipinski definition) is 0. The summed E-state index contributed by atoms with van der Waals surface area (Å²) in [4.78, 5) is -0.994. The monoisotopic (exact) mass is 309 g/mol. The first-order chi connectivity index (χ1) is 8.08. The van der Waals surface area contributed by atoms with Crippen molar-refractivity contribution in [3.8, 4) is 0 Å². The summed E-state index contributed by atoms with van der Waals surface area (Å²) >= 11 is -5.38. The van der Waals surface area contributed by atoms with Gasteiger partial charge in [0.15, 0.2) is 0 Å². The van der Waals surface area contributed by atoms with Crippen LogP contribution < -0.4 is 0 Å². The summed E-state index contributed by atoms with van der Waals surface area (Å²) in [6.45, 7) is 0. The molecule has 0 saturated heterocycles. The zero-order chi connectivity index (χ0) is 14.1. The minimum Gasteiger partial charge on any atom is -0.768 e. The molecular formula is C8H3F6O2S2-. The van der Waals surface area contributed by atoms with Crippen LogP contribution in [-0.2, 0) is 11.1 Å². The first-order valence-corrected chi connectivity index (χ1v) is 5.96. The predicted octanol–water partition coefficient (Wildman–Crippen LogP) is 3.12. The molecule has 1 unspecified atom stereocenters. The highest BCUT2D eigenvalue weighted by Crippen LogP contribution is 2.48. The number of alkyl halides is 4. The van der Waals surface area contributed by atoms with Crippen molar-refractivity contribution >= 4 is 22.8 Å². The van der Waals surface area contributed by atoms with Gasteiger partial charge in [0.05, 0.1) is 0 Å². The summed E-state index contributed by atoms with van der Waals surface area (Å²) in [5.74, 6) is -2.58. The van der Waals surface area contributed by atoms with Gasteiger partial charge in [-0.05, 0) is 23.9 Å². The molecule has 0 spiro atoms. The minimum atomic E-state index is -5.38. The van der Waals surface area contributed by atoms with Crippen LogP contribution in [0.3, 0.4) is 0 Å². The van der Waals surface area contributed by atoms with Crippen molar-refractivity contribution in [1.29, 1.82) is 0 Å². The van der Waals surface area contributed by atoms with E-state index in [-0.39, 0.29) is 6.07 Å². The maximum atomic E-state index is 13.0. The summed E-state index contributed by atoms with van der Waals surface area (Å²) in [5, 5.41) is -10.5. The molecule has 0 fully saturated rings. The van der Waals surface area contributed by atoms with E-state index in [0.717, 1.165) is 0 Å². The van der Waals surface area contributed by atoms with Crippen LogP contribution in [0, 0.1) is 11.6 Å². The predicted molar refractivity (Wildman–Crippen MR) is 51.0 cm³/mol. The third kappa shape index (κ3) is 2.98. The van der Waals surface area contributed by atoms with Gasteiger partial charge in [0.2, 0.25) is 0 Å². The summed E-state index contributed by atoms with van der Waals surface area (Å²) in [7, 11) is 0. The Balaban J connectivity index is 3.06. The van der Waals surface area contributed by atoms with E-state index in [1.54, 1.807) is 0 Å². The lowest BCUT2D eigenvalue weighted by Gasteiger charge is -2.27. The molecule has 0 aliphatic rings. The van der Waals surface area contributed by atoms with Gasteiger partial charge in [-0.15, -0.1) is 0 Å². The van der Waals surface area contributed by atoms with Crippen LogP contribution in [0.5, 0.6) is 0 Å². The average molecular weight is 309 g/mol. The highest BCUT2D eigenvalue weighted by Gasteiger charge is 2.59. The van der Waals surface area contributed by atoms with Crippen molar-refractivity contribution in [2.75, 3.05) is 0 Å². The standard InChI is InChI=1S/C8H4F6O2S2/c9-4-1-2-6(5(10)3-4)17-7(11,12)8(13,14)18(15)16/h1-3H,(H,15,16)/p-1. The molecule has 0 amide bonds. The molecule has 0 bridgehead atoms. The van der Waals surface area contributed by atoms with Gasteiger partial charge in [-0.2, -0.15) is 17.6 Å². The van der Waals surface area contributed by atoms with Gasteiger partial charge in [0.1, 0.15) is 11.6 Å². The second-order valence-corrected chi connectivity index (χ2v) is 5.08. The van der Waals surface area contributed by atoms with Crippen LogP contribution in [0.4, 0.5) is 26.3 Å². The van der Waals surface area contributed by atoms with Crippen LogP contribution in [0.2, 0.25) is 0 Å². The lowest BCUT2D eigenvalue weighted by atomic mass is 10.3. The molecule has 102 valence electrons. The van der Waals surface area contributed by atoms with Crippen molar-refractivity contribution in [2.45, 2.75) is 15.4 Å². The van der Waals surface area contributed by atoms with Gasteiger partial charge in [-0.3, -0.25) is 4.21 Å². The van der Waals surface area contributed by atoms with Crippen LogP contribution in [0.15, 0.2) is 23.1 Å². The zero-order valence-corrected chi connectivity index (χ0v) is 9.77. The molecule has 18 heavy (non-hydrogen) atoms. The lowest BCUT2D eigenvalue weighted by molar-refractivity contribution is -0.0911.